The third-order valence-corrected chi connectivity index (χ3v) is 0.512. The van der Waals surface area contributed by atoms with Gasteiger partial charge < -0.3 is 5.11 Å². The quantitative estimate of drug-likeness (QED) is 0.633. The Morgan fingerprint density at radius 2 is 2.00 bits per heavy atom. The Hall–Kier alpha value is 1.53. The van der Waals surface area contributed by atoms with Crippen LogP contribution in [0.1, 0.15) is 19.8 Å². The van der Waals surface area contributed by atoms with E-state index in [4.69, 9.17) is 5.11 Å². The summed E-state index contributed by atoms with van der Waals surface area (Å²) in [6, 6.07) is 0. The molecule has 2 heteroatoms. The molecule has 0 amide bonds. The molecule has 0 fully saturated rings. The van der Waals surface area contributed by atoms with Crippen LogP contribution in [-0.2, 0) is 0 Å². The predicted octanol–water partition coefficient (Wildman–Crippen LogP) is -0.137. The van der Waals surface area contributed by atoms with Gasteiger partial charge in [-0.3, -0.25) is 0 Å². The molecule has 1 N–H and O–H groups in total. The number of unbranched alkanes of at least 4 members (excludes halogenated alkanes) is 1. The van der Waals surface area contributed by atoms with Gasteiger partial charge in [-0.2, -0.15) is 0 Å². The van der Waals surface area contributed by atoms with E-state index in [1.54, 1.807) is 0 Å². The molecule has 0 aromatic carbocycles. The maximum atomic E-state index is 8.07. The Morgan fingerprint density at radius 1 is 1.50 bits per heavy atom. The van der Waals surface area contributed by atoms with Gasteiger partial charge in [0.05, 0.1) is 0 Å². The van der Waals surface area contributed by atoms with E-state index in [0.29, 0.717) is 6.61 Å². The van der Waals surface area contributed by atoms with Crippen molar-refractivity contribution in [2.45, 2.75) is 19.8 Å². The number of rotatable bonds is 2. The summed E-state index contributed by atoms with van der Waals surface area (Å²) in [6.07, 6.45) is 2.04. The molecule has 0 aliphatic rings. The van der Waals surface area contributed by atoms with E-state index in [1.807, 2.05) is 0 Å². The molecule has 0 atom stereocenters. The van der Waals surface area contributed by atoms with Crippen LogP contribution < -0.4 is 0 Å². The molecule has 0 rings (SSSR count). The molecule has 0 saturated carbocycles. The molecule has 0 aliphatic heterocycles. The Kier molecular flexibility index (Phi) is 17.0. The van der Waals surface area contributed by atoms with Crippen LogP contribution in [0.5, 0.6) is 0 Å². The SMILES string of the molecule is CCCCO.[BaH2]. The zero-order valence-electron chi connectivity index (χ0n) is 3.57. The Morgan fingerprint density at radius 3 is 2.00 bits per heavy atom. The van der Waals surface area contributed by atoms with Gasteiger partial charge in [0.25, 0.3) is 0 Å². The molecule has 0 bridgehead atoms. The topological polar surface area (TPSA) is 20.2 Å². The van der Waals surface area contributed by atoms with Crippen LogP contribution in [0.4, 0.5) is 0 Å². The fraction of sp³-hybridized carbons (Fsp3) is 1.00. The molecule has 36 valence electrons. The van der Waals surface area contributed by atoms with Crippen molar-refractivity contribution < 1.29 is 5.11 Å². The Labute approximate surface area is 79.2 Å². The standard InChI is InChI=1S/C4H10O.Ba.2H/c1-2-3-4-5;;;/h5H,2-4H2,1H3;;;. The number of aliphatic hydroxyl groups is 1. The molecule has 0 unspecified atom stereocenters. The van der Waals surface area contributed by atoms with E-state index in [0.717, 1.165) is 12.8 Å². The van der Waals surface area contributed by atoms with Crippen molar-refractivity contribution >= 4 is 48.9 Å². The van der Waals surface area contributed by atoms with Crippen molar-refractivity contribution in [1.29, 1.82) is 0 Å². The Balaban J connectivity index is 0. The molecule has 1 nitrogen and oxygen atoms in total. The van der Waals surface area contributed by atoms with Crippen molar-refractivity contribution in [2.75, 3.05) is 6.61 Å². The molecular formula is C4H12BaO. The zero-order chi connectivity index (χ0) is 4.12. The normalized spacial score (nSPS) is 7.00. The summed E-state index contributed by atoms with van der Waals surface area (Å²) in [4.78, 5) is 0. The molecule has 6 heavy (non-hydrogen) atoms. The molecule has 0 spiro atoms. The van der Waals surface area contributed by atoms with Gasteiger partial charge in [-0.05, 0) is 6.42 Å². The van der Waals surface area contributed by atoms with E-state index >= 15 is 0 Å². The van der Waals surface area contributed by atoms with Crippen LogP contribution in [-0.4, -0.2) is 60.6 Å². The summed E-state index contributed by atoms with van der Waals surface area (Å²) in [5.41, 5.74) is 0. The van der Waals surface area contributed by atoms with Gasteiger partial charge in [0, 0.05) is 6.61 Å². The van der Waals surface area contributed by atoms with Crippen molar-refractivity contribution in [3.63, 3.8) is 0 Å². The first-order chi connectivity index (χ1) is 2.41. The molecular weight excluding hydrogens is 201 g/mol. The fourth-order valence-electron chi connectivity index (χ4n) is 0.158. The van der Waals surface area contributed by atoms with E-state index in [-0.39, 0.29) is 48.9 Å². The first-order valence-electron chi connectivity index (χ1n) is 2.02. The van der Waals surface area contributed by atoms with Crippen LogP contribution in [0.15, 0.2) is 0 Å². The molecule has 0 aliphatic carbocycles. The van der Waals surface area contributed by atoms with Gasteiger partial charge in [0.1, 0.15) is 0 Å². The number of hydrogen-bond acceptors (Lipinski definition) is 1. The first-order valence-corrected chi connectivity index (χ1v) is 2.02. The van der Waals surface area contributed by atoms with Crippen LogP contribution >= 0.6 is 0 Å². The van der Waals surface area contributed by atoms with Gasteiger partial charge in [0.15, 0.2) is 0 Å². The predicted molar refractivity (Wildman–Crippen MR) is 30.5 cm³/mol. The number of aliphatic hydroxyl groups excluding tert-OH is 1. The van der Waals surface area contributed by atoms with Gasteiger partial charge in [0.2, 0.25) is 0 Å². The summed E-state index contributed by atoms with van der Waals surface area (Å²) in [7, 11) is 0. The van der Waals surface area contributed by atoms with E-state index < -0.39 is 0 Å². The average Bonchev–Trinajstić information content (AvgIpc) is 1.41. The Bertz CT molecular complexity index is 15.0. The third-order valence-electron chi connectivity index (χ3n) is 0.512. The van der Waals surface area contributed by atoms with E-state index in [1.165, 1.54) is 0 Å². The molecule has 0 aromatic rings. The van der Waals surface area contributed by atoms with Crippen LogP contribution in [0.3, 0.4) is 0 Å². The summed E-state index contributed by atoms with van der Waals surface area (Å²) in [5.74, 6) is 0. The van der Waals surface area contributed by atoms with Gasteiger partial charge in [-0.1, -0.05) is 13.3 Å². The molecule has 0 aromatic heterocycles. The molecule has 0 heterocycles. The van der Waals surface area contributed by atoms with Crippen LogP contribution in [0.25, 0.3) is 0 Å². The van der Waals surface area contributed by atoms with Crippen LogP contribution in [0, 0.1) is 0 Å². The first kappa shape index (κ1) is 10.5. The van der Waals surface area contributed by atoms with Crippen molar-refractivity contribution in [3.8, 4) is 0 Å². The van der Waals surface area contributed by atoms with E-state index in [9.17, 15) is 0 Å². The maximum absolute atomic E-state index is 8.07. The second-order valence-electron chi connectivity index (χ2n) is 1.08. The van der Waals surface area contributed by atoms with Crippen molar-refractivity contribution in [2.24, 2.45) is 0 Å². The zero-order valence-corrected chi connectivity index (χ0v) is 3.57. The summed E-state index contributed by atoms with van der Waals surface area (Å²) < 4.78 is 0. The second kappa shape index (κ2) is 9.73. The minimum atomic E-state index is 0. The summed E-state index contributed by atoms with van der Waals surface area (Å²) >= 11 is 0. The van der Waals surface area contributed by atoms with Gasteiger partial charge in [-0.25, -0.2) is 0 Å². The monoisotopic (exact) mass is 214 g/mol. The van der Waals surface area contributed by atoms with Crippen molar-refractivity contribution in [3.05, 3.63) is 0 Å². The summed E-state index contributed by atoms with van der Waals surface area (Å²) in [5, 5.41) is 8.07. The van der Waals surface area contributed by atoms with E-state index in [2.05, 4.69) is 6.92 Å². The second-order valence-corrected chi connectivity index (χ2v) is 1.08. The number of hydrogen-bond donors (Lipinski definition) is 1. The molecule has 0 saturated heterocycles. The van der Waals surface area contributed by atoms with Gasteiger partial charge in [-0.15, -0.1) is 0 Å². The van der Waals surface area contributed by atoms with Gasteiger partial charge >= 0.3 is 48.9 Å². The summed E-state index contributed by atoms with van der Waals surface area (Å²) in [6.45, 7) is 2.40. The minimum absolute atomic E-state index is 0. The van der Waals surface area contributed by atoms with Crippen molar-refractivity contribution in [1.82, 2.24) is 0 Å². The molecule has 0 radical (unpaired) electrons. The average molecular weight is 213 g/mol. The van der Waals surface area contributed by atoms with Crippen LogP contribution in [0.2, 0.25) is 0 Å². The third kappa shape index (κ3) is 9.11. The fourth-order valence-corrected chi connectivity index (χ4v) is 0.158.